The molecule has 0 atom stereocenters. The van der Waals surface area contributed by atoms with Crippen LogP contribution in [0.5, 0.6) is 17.2 Å². The molecule has 0 bridgehead atoms. The summed E-state index contributed by atoms with van der Waals surface area (Å²) in [6, 6.07) is 21.5. The van der Waals surface area contributed by atoms with Crippen LogP contribution in [0.15, 0.2) is 66.7 Å². The van der Waals surface area contributed by atoms with E-state index in [0.29, 0.717) is 24.5 Å². The summed E-state index contributed by atoms with van der Waals surface area (Å²) in [5.74, 6) is 2.29. The van der Waals surface area contributed by atoms with E-state index < -0.39 is 0 Å². The van der Waals surface area contributed by atoms with Gasteiger partial charge in [0.15, 0.2) is 0 Å². The fraction of sp³-hybridized carbons (Fsp3) is 0.300. The van der Waals surface area contributed by atoms with Crippen LogP contribution in [0, 0.1) is 0 Å². The van der Waals surface area contributed by atoms with Crippen molar-refractivity contribution in [2.75, 3.05) is 26.2 Å². The molecular formula is C30H35NO4. The molecule has 0 fully saturated rings. The Kier molecular flexibility index (Phi) is 9.79. The van der Waals surface area contributed by atoms with Crippen molar-refractivity contribution in [1.29, 1.82) is 0 Å². The van der Waals surface area contributed by atoms with Gasteiger partial charge in [0.25, 0.3) is 0 Å². The van der Waals surface area contributed by atoms with E-state index in [9.17, 15) is 4.79 Å². The lowest BCUT2D eigenvalue weighted by atomic mass is 10.0. The zero-order chi connectivity index (χ0) is 25.0. The van der Waals surface area contributed by atoms with Gasteiger partial charge in [-0.2, -0.15) is 0 Å². The molecule has 3 aromatic carbocycles. The molecule has 0 unspecified atom stereocenters. The summed E-state index contributed by atoms with van der Waals surface area (Å²) in [5, 5.41) is 0. The maximum Gasteiger partial charge on any atom is 0.227 e. The van der Waals surface area contributed by atoms with Crippen LogP contribution >= 0.6 is 0 Å². The number of hydrogen-bond donors (Lipinski definition) is 0. The number of benzene rings is 3. The van der Waals surface area contributed by atoms with Gasteiger partial charge in [-0.25, -0.2) is 0 Å². The second-order valence-electron chi connectivity index (χ2n) is 8.28. The number of anilines is 1. The van der Waals surface area contributed by atoms with Crippen molar-refractivity contribution in [3.63, 3.8) is 0 Å². The van der Waals surface area contributed by atoms with Crippen LogP contribution in [0.3, 0.4) is 0 Å². The van der Waals surface area contributed by atoms with Gasteiger partial charge in [0.05, 0.1) is 27.9 Å². The third-order valence-corrected chi connectivity index (χ3v) is 5.92. The van der Waals surface area contributed by atoms with Gasteiger partial charge in [-0.3, -0.25) is 4.79 Å². The zero-order valence-corrected chi connectivity index (χ0v) is 21.1. The first-order valence-electron chi connectivity index (χ1n) is 12.0. The smallest absolute Gasteiger partial charge is 0.227 e. The lowest BCUT2D eigenvalue weighted by Crippen LogP contribution is -2.30. The minimum atomic E-state index is 0.104. The molecule has 0 spiro atoms. The molecule has 0 aromatic heterocycles. The number of amides is 1. The predicted octanol–water partition coefficient (Wildman–Crippen LogP) is 7.00. The molecule has 0 aliphatic carbocycles. The number of rotatable bonds is 12. The van der Waals surface area contributed by atoms with Gasteiger partial charge >= 0.3 is 0 Å². The highest BCUT2D eigenvalue weighted by atomic mass is 16.5. The van der Waals surface area contributed by atoms with Crippen LogP contribution < -0.4 is 19.1 Å². The molecule has 0 saturated heterocycles. The van der Waals surface area contributed by atoms with Gasteiger partial charge in [0.2, 0.25) is 5.91 Å². The quantitative estimate of drug-likeness (QED) is 0.210. The largest absolute Gasteiger partial charge is 0.497 e. The molecule has 0 aliphatic heterocycles. The summed E-state index contributed by atoms with van der Waals surface area (Å²) >= 11 is 0. The number of nitrogens with zero attached hydrogens (tertiary/aromatic N) is 1. The average Bonchev–Trinajstić information content (AvgIpc) is 2.91. The summed E-state index contributed by atoms with van der Waals surface area (Å²) in [7, 11) is 4.94. The molecule has 5 heteroatoms. The monoisotopic (exact) mass is 473 g/mol. The summed E-state index contributed by atoms with van der Waals surface area (Å²) in [6.45, 7) is 2.54. The maximum absolute atomic E-state index is 13.3. The molecule has 35 heavy (non-hydrogen) atoms. The predicted molar refractivity (Wildman–Crippen MR) is 143 cm³/mol. The molecular weight excluding hydrogens is 438 g/mol. The molecule has 3 rings (SSSR count). The van der Waals surface area contributed by atoms with E-state index in [1.165, 1.54) is 0 Å². The standard InChI is InChI=1S/C30H35NO4/c1-5-6-8-13-30(32)31(25-11-9-7-10-12-25)22-28-24(20-27(34-3)21-29(28)35-4)17-14-23-15-18-26(33-2)19-16-23/h7,9-12,14-21H,5-6,8,13,22H2,1-4H3. The molecule has 1 amide bonds. The van der Waals surface area contributed by atoms with E-state index >= 15 is 0 Å². The first-order valence-corrected chi connectivity index (χ1v) is 12.0. The minimum Gasteiger partial charge on any atom is -0.497 e. The molecule has 5 nitrogen and oxygen atoms in total. The van der Waals surface area contributed by atoms with Crippen LogP contribution in [-0.4, -0.2) is 27.2 Å². The molecule has 3 aromatic rings. The van der Waals surface area contributed by atoms with E-state index in [1.807, 2.05) is 83.8 Å². The second kappa shape index (κ2) is 13.2. The molecule has 0 heterocycles. The fourth-order valence-electron chi connectivity index (χ4n) is 3.91. The van der Waals surface area contributed by atoms with Gasteiger partial charge in [0, 0.05) is 23.7 Å². The van der Waals surface area contributed by atoms with E-state index in [4.69, 9.17) is 14.2 Å². The van der Waals surface area contributed by atoms with Crippen molar-refractivity contribution in [2.24, 2.45) is 0 Å². The lowest BCUT2D eigenvalue weighted by Gasteiger charge is -2.25. The topological polar surface area (TPSA) is 48.0 Å². The third-order valence-electron chi connectivity index (χ3n) is 5.92. The van der Waals surface area contributed by atoms with Gasteiger partial charge < -0.3 is 19.1 Å². The summed E-state index contributed by atoms with van der Waals surface area (Å²) in [5.41, 5.74) is 3.76. The van der Waals surface area contributed by atoms with Gasteiger partial charge in [-0.15, -0.1) is 0 Å². The molecule has 184 valence electrons. The molecule has 0 radical (unpaired) electrons. The Morgan fingerprint density at radius 1 is 0.829 bits per heavy atom. The van der Waals surface area contributed by atoms with Crippen molar-refractivity contribution in [2.45, 2.75) is 39.2 Å². The number of methoxy groups -OCH3 is 3. The fourth-order valence-corrected chi connectivity index (χ4v) is 3.91. The van der Waals surface area contributed by atoms with Crippen molar-refractivity contribution >= 4 is 23.7 Å². The first kappa shape index (κ1) is 25.9. The van der Waals surface area contributed by atoms with E-state index in [0.717, 1.165) is 47.4 Å². The van der Waals surface area contributed by atoms with Crippen molar-refractivity contribution in [3.8, 4) is 17.2 Å². The molecule has 0 aliphatic rings. The maximum atomic E-state index is 13.3. The number of ether oxygens (including phenoxy) is 3. The van der Waals surface area contributed by atoms with Gasteiger partial charge in [-0.05, 0) is 47.9 Å². The highest BCUT2D eigenvalue weighted by Crippen LogP contribution is 2.33. The Balaban J connectivity index is 2.00. The number of carbonyl (C=O) groups excluding carboxylic acids is 1. The van der Waals surface area contributed by atoms with Gasteiger partial charge in [0.1, 0.15) is 17.2 Å². The normalized spacial score (nSPS) is 10.9. The van der Waals surface area contributed by atoms with Crippen molar-refractivity contribution in [3.05, 3.63) is 83.4 Å². The third kappa shape index (κ3) is 7.12. The van der Waals surface area contributed by atoms with Crippen molar-refractivity contribution < 1.29 is 19.0 Å². The Hall–Kier alpha value is -3.73. The minimum absolute atomic E-state index is 0.104. The van der Waals surface area contributed by atoms with Crippen molar-refractivity contribution in [1.82, 2.24) is 0 Å². The van der Waals surface area contributed by atoms with Crippen LogP contribution in [-0.2, 0) is 11.3 Å². The average molecular weight is 474 g/mol. The molecule has 0 saturated carbocycles. The van der Waals surface area contributed by atoms with Crippen LogP contribution in [0.1, 0.15) is 49.3 Å². The Morgan fingerprint density at radius 3 is 2.17 bits per heavy atom. The van der Waals surface area contributed by atoms with E-state index in [-0.39, 0.29) is 5.91 Å². The second-order valence-corrected chi connectivity index (χ2v) is 8.28. The summed E-state index contributed by atoms with van der Waals surface area (Å²) in [4.78, 5) is 15.2. The Morgan fingerprint density at radius 2 is 1.54 bits per heavy atom. The van der Waals surface area contributed by atoms with Crippen LogP contribution in [0.25, 0.3) is 12.2 Å². The van der Waals surface area contributed by atoms with Crippen LogP contribution in [0.2, 0.25) is 0 Å². The SMILES string of the molecule is CCCCCC(=O)N(Cc1c(C=Cc2ccc(OC)cc2)cc(OC)cc1OC)c1ccccc1. The Labute approximate surface area is 208 Å². The lowest BCUT2D eigenvalue weighted by molar-refractivity contribution is -0.118. The highest BCUT2D eigenvalue weighted by molar-refractivity contribution is 5.93. The van der Waals surface area contributed by atoms with E-state index in [2.05, 4.69) is 6.92 Å². The number of hydrogen-bond acceptors (Lipinski definition) is 4. The van der Waals surface area contributed by atoms with E-state index in [1.54, 1.807) is 21.3 Å². The number of para-hydroxylation sites is 1. The number of carbonyl (C=O) groups is 1. The number of unbranched alkanes of at least 4 members (excludes halogenated alkanes) is 2. The first-order chi connectivity index (χ1) is 17.1. The summed E-state index contributed by atoms with van der Waals surface area (Å²) in [6.07, 6.45) is 7.57. The Bertz CT molecular complexity index is 1110. The summed E-state index contributed by atoms with van der Waals surface area (Å²) < 4.78 is 16.5. The molecule has 0 N–H and O–H groups in total. The van der Waals surface area contributed by atoms with Gasteiger partial charge in [-0.1, -0.05) is 62.2 Å². The highest BCUT2D eigenvalue weighted by Gasteiger charge is 2.20. The zero-order valence-electron chi connectivity index (χ0n) is 21.1. The van der Waals surface area contributed by atoms with Crippen LogP contribution in [0.4, 0.5) is 5.69 Å².